The molecule has 0 radical (unpaired) electrons. The van der Waals surface area contributed by atoms with E-state index in [2.05, 4.69) is 15.6 Å². The van der Waals surface area contributed by atoms with Gasteiger partial charge in [-0.1, -0.05) is 0 Å². The van der Waals surface area contributed by atoms with Gasteiger partial charge in [-0.15, -0.1) is 23.1 Å². The zero-order valence-electron chi connectivity index (χ0n) is 9.32. The average Bonchev–Trinajstić information content (AvgIpc) is 2.87. The van der Waals surface area contributed by atoms with Gasteiger partial charge in [0, 0.05) is 22.7 Å². The summed E-state index contributed by atoms with van der Waals surface area (Å²) in [4.78, 5) is 16.2. The number of amides is 1. The van der Waals surface area contributed by atoms with Crippen LogP contribution in [0.3, 0.4) is 0 Å². The molecular formula is C10H15N3OS2. The fraction of sp³-hybridized carbons (Fsp3) is 0.600. The summed E-state index contributed by atoms with van der Waals surface area (Å²) in [7, 11) is 0. The third-order valence-corrected chi connectivity index (χ3v) is 4.48. The standard InChI is InChI=1S/C10H15N3OS2/c1-6-3-16-10(12-6)7(2)13-9(14)8-4-15-5-11-8/h3,7-8,11H,4-5H2,1-2H3,(H,13,14). The molecule has 2 atom stereocenters. The summed E-state index contributed by atoms with van der Waals surface area (Å²) in [6, 6.07) is -0.0490. The summed E-state index contributed by atoms with van der Waals surface area (Å²) in [5.41, 5.74) is 1.01. The lowest BCUT2D eigenvalue weighted by Gasteiger charge is -2.14. The molecule has 1 fully saturated rings. The van der Waals surface area contributed by atoms with E-state index in [-0.39, 0.29) is 18.0 Å². The molecule has 2 unspecified atom stereocenters. The summed E-state index contributed by atoms with van der Waals surface area (Å²) < 4.78 is 0. The predicted molar refractivity (Wildman–Crippen MR) is 67.7 cm³/mol. The van der Waals surface area contributed by atoms with Gasteiger partial charge < -0.3 is 5.32 Å². The van der Waals surface area contributed by atoms with Crippen LogP contribution in [0.15, 0.2) is 5.38 Å². The highest BCUT2D eigenvalue weighted by Gasteiger charge is 2.24. The minimum absolute atomic E-state index is 0.00130. The summed E-state index contributed by atoms with van der Waals surface area (Å²) in [6.07, 6.45) is 0. The van der Waals surface area contributed by atoms with E-state index in [0.717, 1.165) is 22.3 Å². The van der Waals surface area contributed by atoms with E-state index in [0.29, 0.717) is 0 Å². The number of carbonyl (C=O) groups is 1. The Kier molecular flexibility index (Phi) is 3.83. The molecule has 1 aliphatic heterocycles. The Labute approximate surface area is 103 Å². The zero-order chi connectivity index (χ0) is 11.5. The van der Waals surface area contributed by atoms with Crippen LogP contribution < -0.4 is 10.6 Å². The fourth-order valence-electron chi connectivity index (χ4n) is 1.51. The van der Waals surface area contributed by atoms with Crippen molar-refractivity contribution in [3.8, 4) is 0 Å². The second-order valence-corrected chi connectivity index (χ2v) is 5.75. The van der Waals surface area contributed by atoms with Crippen molar-refractivity contribution in [3.63, 3.8) is 0 Å². The van der Waals surface area contributed by atoms with Gasteiger partial charge in [0.2, 0.25) is 5.91 Å². The molecule has 2 rings (SSSR count). The number of thioether (sulfide) groups is 1. The number of hydrogen-bond acceptors (Lipinski definition) is 5. The van der Waals surface area contributed by atoms with Crippen LogP contribution in [-0.4, -0.2) is 28.6 Å². The molecular weight excluding hydrogens is 242 g/mol. The molecule has 0 aliphatic carbocycles. The van der Waals surface area contributed by atoms with E-state index < -0.39 is 0 Å². The SMILES string of the molecule is Cc1csc(C(C)NC(=O)C2CSCN2)n1. The highest BCUT2D eigenvalue weighted by Crippen LogP contribution is 2.18. The highest BCUT2D eigenvalue weighted by atomic mass is 32.2. The first-order chi connectivity index (χ1) is 7.66. The number of thiazole rings is 1. The van der Waals surface area contributed by atoms with Crippen LogP contribution >= 0.6 is 23.1 Å². The smallest absolute Gasteiger partial charge is 0.238 e. The topological polar surface area (TPSA) is 54.0 Å². The Bertz CT molecular complexity index is 374. The number of rotatable bonds is 3. The fourth-order valence-corrected chi connectivity index (χ4v) is 3.26. The number of nitrogens with zero attached hydrogens (tertiary/aromatic N) is 1. The minimum Gasteiger partial charge on any atom is -0.346 e. The molecule has 1 aromatic rings. The number of hydrogen-bond donors (Lipinski definition) is 2. The van der Waals surface area contributed by atoms with Crippen molar-refractivity contribution in [1.29, 1.82) is 0 Å². The van der Waals surface area contributed by atoms with Gasteiger partial charge in [-0.05, 0) is 13.8 Å². The van der Waals surface area contributed by atoms with Gasteiger partial charge in [-0.3, -0.25) is 10.1 Å². The average molecular weight is 257 g/mol. The Hall–Kier alpha value is -0.590. The Morgan fingerprint density at radius 3 is 3.12 bits per heavy atom. The monoisotopic (exact) mass is 257 g/mol. The molecule has 0 aromatic carbocycles. The lowest BCUT2D eigenvalue weighted by atomic mass is 10.2. The molecule has 1 amide bonds. The quantitative estimate of drug-likeness (QED) is 0.857. The van der Waals surface area contributed by atoms with E-state index >= 15 is 0 Å². The maximum Gasteiger partial charge on any atom is 0.238 e. The Balaban J connectivity index is 1.91. The molecule has 1 saturated heterocycles. The summed E-state index contributed by atoms with van der Waals surface area (Å²) in [6.45, 7) is 3.93. The molecule has 0 bridgehead atoms. The second kappa shape index (κ2) is 5.16. The van der Waals surface area contributed by atoms with Gasteiger partial charge in [0.05, 0.1) is 12.1 Å². The number of aromatic nitrogens is 1. The molecule has 88 valence electrons. The lowest BCUT2D eigenvalue weighted by Crippen LogP contribution is -2.42. The predicted octanol–water partition coefficient (Wildman–Crippen LogP) is 1.29. The zero-order valence-corrected chi connectivity index (χ0v) is 11.0. The van der Waals surface area contributed by atoms with Crippen LogP contribution in [0.4, 0.5) is 0 Å². The molecule has 2 heterocycles. The number of nitrogens with one attached hydrogen (secondary N) is 2. The first-order valence-electron chi connectivity index (χ1n) is 5.20. The Morgan fingerprint density at radius 1 is 1.75 bits per heavy atom. The first-order valence-corrected chi connectivity index (χ1v) is 7.24. The van der Waals surface area contributed by atoms with Crippen LogP contribution in [-0.2, 0) is 4.79 Å². The van der Waals surface area contributed by atoms with Crippen LogP contribution in [0.1, 0.15) is 23.7 Å². The van der Waals surface area contributed by atoms with Gasteiger partial charge in [0.15, 0.2) is 0 Å². The number of aryl methyl sites for hydroxylation is 1. The van der Waals surface area contributed by atoms with E-state index in [1.807, 2.05) is 19.2 Å². The molecule has 0 saturated carbocycles. The van der Waals surface area contributed by atoms with E-state index in [4.69, 9.17) is 0 Å². The van der Waals surface area contributed by atoms with E-state index in [1.54, 1.807) is 23.1 Å². The molecule has 1 aliphatic rings. The molecule has 6 heteroatoms. The van der Waals surface area contributed by atoms with Crippen LogP contribution in [0.5, 0.6) is 0 Å². The van der Waals surface area contributed by atoms with Crippen molar-refractivity contribution in [2.75, 3.05) is 11.6 Å². The van der Waals surface area contributed by atoms with Crippen LogP contribution in [0.2, 0.25) is 0 Å². The lowest BCUT2D eigenvalue weighted by molar-refractivity contribution is -0.123. The van der Waals surface area contributed by atoms with E-state index in [9.17, 15) is 4.79 Å². The normalized spacial score (nSPS) is 22.0. The maximum atomic E-state index is 11.8. The van der Waals surface area contributed by atoms with Crippen molar-refractivity contribution in [2.45, 2.75) is 25.9 Å². The maximum absolute atomic E-state index is 11.8. The van der Waals surface area contributed by atoms with Crippen molar-refractivity contribution < 1.29 is 4.79 Å². The third-order valence-electron chi connectivity index (χ3n) is 2.40. The third kappa shape index (κ3) is 2.75. The van der Waals surface area contributed by atoms with Gasteiger partial charge in [0.25, 0.3) is 0 Å². The summed E-state index contributed by atoms with van der Waals surface area (Å²) in [5.74, 6) is 1.79. The highest BCUT2D eigenvalue weighted by molar-refractivity contribution is 7.99. The van der Waals surface area contributed by atoms with Gasteiger partial charge in [-0.25, -0.2) is 4.98 Å². The molecule has 4 nitrogen and oxygen atoms in total. The van der Waals surface area contributed by atoms with Crippen LogP contribution in [0.25, 0.3) is 0 Å². The summed E-state index contributed by atoms with van der Waals surface area (Å²) in [5, 5.41) is 9.11. The minimum atomic E-state index is -0.0477. The van der Waals surface area contributed by atoms with Gasteiger partial charge in [-0.2, -0.15) is 0 Å². The van der Waals surface area contributed by atoms with E-state index in [1.165, 1.54) is 0 Å². The first kappa shape index (κ1) is 11.9. The molecule has 1 aromatic heterocycles. The van der Waals surface area contributed by atoms with Crippen molar-refractivity contribution in [2.24, 2.45) is 0 Å². The molecule has 16 heavy (non-hydrogen) atoms. The Morgan fingerprint density at radius 2 is 2.56 bits per heavy atom. The largest absolute Gasteiger partial charge is 0.346 e. The van der Waals surface area contributed by atoms with Gasteiger partial charge in [0.1, 0.15) is 5.01 Å². The van der Waals surface area contributed by atoms with Crippen LogP contribution in [0, 0.1) is 6.92 Å². The number of carbonyl (C=O) groups excluding carboxylic acids is 1. The van der Waals surface area contributed by atoms with Crippen molar-refractivity contribution in [1.82, 2.24) is 15.6 Å². The molecule has 2 N–H and O–H groups in total. The second-order valence-electron chi connectivity index (χ2n) is 3.83. The van der Waals surface area contributed by atoms with Crippen molar-refractivity contribution >= 4 is 29.0 Å². The molecule has 0 spiro atoms. The van der Waals surface area contributed by atoms with Crippen molar-refractivity contribution in [3.05, 3.63) is 16.1 Å². The van der Waals surface area contributed by atoms with Gasteiger partial charge >= 0.3 is 0 Å². The summed E-state index contributed by atoms with van der Waals surface area (Å²) >= 11 is 3.34.